The van der Waals surface area contributed by atoms with Crippen molar-refractivity contribution in [2.75, 3.05) is 0 Å². The summed E-state index contributed by atoms with van der Waals surface area (Å²) in [6, 6.07) is 3.47. The van der Waals surface area contributed by atoms with E-state index >= 15 is 0 Å². The Kier molecular flexibility index (Phi) is 8.26. The van der Waals surface area contributed by atoms with E-state index < -0.39 is 11.6 Å². The molecule has 0 spiro atoms. The van der Waals surface area contributed by atoms with Crippen LogP contribution in [0, 0.1) is 11.6 Å². The van der Waals surface area contributed by atoms with Gasteiger partial charge < -0.3 is 5.11 Å². The molecule has 1 N–H and O–H groups in total. The van der Waals surface area contributed by atoms with Crippen LogP contribution in [-0.2, 0) is 0 Å². The topological polar surface area (TPSA) is 20.2 Å². The Hall–Kier alpha value is -1.35. The Morgan fingerprint density at radius 2 is 1.48 bits per heavy atom. The maximum Gasteiger partial charge on any atom is 0.145 e. The average Bonchev–Trinajstić information content (AvgIpc) is 2.48. The molecule has 0 radical (unpaired) electrons. The van der Waals surface area contributed by atoms with Gasteiger partial charge in [-0.3, -0.25) is 0 Å². The fraction of sp³-hybridized carbons (Fsp3) is 0.412. The van der Waals surface area contributed by atoms with Crippen molar-refractivity contribution in [1.29, 1.82) is 0 Å². The first kappa shape index (κ1) is 19.7. The van der Waals surface area contributed by atoms with Crippen LogP contribution in [0.4, 0.5) is 8.78 Å². The van der Waals surface area contributed by atoms with Crippen molar-refractivity contribution >= 4 is 22.4 Å². The Balaban J connectivity index is 0.000000921. The number of halogens is 3. The summed E-state index contributed by atoms with van der Waals surface area (Å²) in [5, 5.41) is 9.90. The van der Waals surface area contributed by atoms with Gasteiger partial charge in [0, 0.05) is 16.8 Å². The van der Waals surface area contributed by atoms with E-state index in [-0.39, 0.29) is 22.1 Å². The van der Waals surface area contributed by atoms with Crippen LogP contribution < -0.4 is 0 Å². The highest BCUT2D eigenvalue weighted by molar-refractivity contribution is 6.36. The molecule has 0 fully saturated rings. The van der Waals surface area contributed by atoms with E-state index in [9.17, 15) is 13.9 Å². The molecule has 0 unspecified atom stereocenters. The van der Waals surface area contributed by atoms with Crippen LogP contribution >= 0.6 is 11.6 Å². The molecule has 21 heavy (non-hydrogen) atoms. The molecule has 2 rings (SSSR count). The van der Waals surface area contributed by atoms with Crippen LogP contribution in [0.2, 0.25) is 5.02 Å². The minimum absolute atomic E-state index is 0.00306. The molecule has 2 aromatic rings. The van der Waals surface area contributed by atoms with E-state index in [0.29, 0.717) is 10.9 Å². The molecule has 0 saturated heterocycles. The third-order valence-corrected chi connectivity index (χ3v) is 3.09. The molecule has 4 heteroatoms. The van der Waals surface area contributed by atoms with Gasteiger partial charge in [0.25, 0.3) is 0 Å². The Bertz CT molecular complexity index is 595. The predicted molar refractivity (Wildman–Crippen MR) is 87.3 cm³/mol. The molecule has 0 saturated carbocycles. The quantitative estimate of drug-likeness (QED) is 0.584. The molecule has 1 nitrogen and oxygen atoms in total. The first-order valence-electron chi connectivity index (χ1n) is 7.22. The van der Waals surface area contributed by atoms with Gasteiger partial charge in [0.1, 0.15) is 17.4 Å². The second kappa shape index (κ2) is 8.83. The summed E-state index contributed by atoms with van der Waals surface area (Å²) < 4.78 is 27.1. The van der Waals surface area contributed by atoms with Crippen molar-refractivity contribution in [1.82, 2.24) is 0 Å². The van der Waals surface area contributed by atoms with Crippen LogP contribution in [0.1, 0.15) is 53.0 Å². The molecule has 2 aromatic carbocycles. The number of fused-ring (bicyclic) bond motifs is 1. The van der Waals surface area contributed by atoms with E-state index in [4.69, 9.17) is 11.6 Å². The molecule has 0 heterocycles. The normalized spacial score (nSPS) is 9.81. The zero-order valence-electron chi connectivity index (χ0n) is 13.4. The predicted octanol–water partition coefficient (Wildman–Crippen LogP) is 6.65. The largest absolute Gasteiger partial charge is 0.508 e. The minimum atomic E-state index is -0.788. The van der Waals surface area contributed by atoms with E-state index in [2.05, 4.69) is 0 Å². The number of phenols is 1. The smallest absolute Gasteiger partial charge is 0.145 e. The fourth-order valence-corrected chi connectivity index (χ4v) is 2.17. The lowest BCUT2D eigenvalue weighted by Crippen LogP contribution is -1.94. The molecule has 0 amide bonds. The molecular weight excluding hydrogens is 294 g/mol. The lowest BCUT2D eigenvalue weighted by Gasteiger charge is -2.13. The number of rotatable bonds is 1. The fourth-order valence-electron chi connectivity index (χ4n) is 1.91. The zero-order valence-corrected chi connectivity index (χ0v) is 14.1. The summed E-state index contributed by atoms with van der Waals surface area (Å²) in [6.45, 7) is 11.7. The number of benzene rings is 2. The first-order chi connectivity index (χ1) is 9.91. The van der Waals surface area contributed by atoms with Crippen molar-refractivity contribution in [2.24, 2.45) is 0 Å². The van der Waals surface area contributed by atoms with Crippen molar-refractivity contribution in [3.8, 4) is 5.75 Å². The van der Waals surface area contributed by atoms with Crippen molar-refractivity contribution in [3.05, 3.63) is 40.4 Å². The van der Waals surface area contributed by atoms with Crippen LogP contribution in [-0.4, -0.2) is 5.11 Å². The highest BCUT2D eigenvalue weighted by Crippen LogP contribution is 2.37. The highest BCUT2D eigenvalue weighted by Gasteiger charge is 2.17. The lowest BCUT2D eigenvalue weighted by molar-refractivity contribution is 0.474. The monoisotopic (exact) mass is 316 g/mol. The molecule has 0 bridgehead atoms. The molecule has 0 aliphatic rings. The Morgan fingerprint density at radius 1 is 0.952 bits per heavy atom. The van der Waals surface area contributed by atoms with E-state index in [1.165, 1.54) is 12.1 Å². The summed E-state index contributed by atoms with van der Waals surface area (Å²) in [4.78, 5) is 0. The van der Waals surface area contributed by atoms with Crippen LogP contribution in [0.25, 0.3) is 10.8 Å². The van der Waals surface area contributed by atoms with Gasteiger partial charge in [-0.1, -0.05) is 53.1 Å². The van der Waals surface area contributed by atoms with E-state index in [1.807, 2.05) is 41.5 Å². The second-order valence-corrected chi connectivity index (χ2v) is 4.64. The maximum absolute atomic E-state index is 13.6. The number of hydrogen-bond donors (Lipinski definition) is 1. The molecule has 118 valence electrons. The highest BCUT2D eigenvalue weighted by atomic mass is 35.5. The van der Waals surface area contributed by atoms with Crippen LogP contribution in [0.15, 0.2) is 18.2 Å². The summed E-state index contributed by atoms with van der Waals surface area (Å²) in [5.41, 5.74) is 0.628. The standard InChI is InChI=1S/C13H11ClF2O.2C2H6/c1-6(2)8-3-7(17)4-9-10(15)5-11(16)13(14)12(8)9;2*1-2/h3-6,17H,1-2H3;2*1-2H3. The van der Waals surface area contributed by atoms with Crippen LogP contribution in [0.3, 0.4) is 0 Å². The van der Waals surface area contributed by atoms with Gasteiger partial charge in [-0.05, 0) is 23.6 Å². The van der Waals surface area contributed by atoms with Gasteiger partial charge in [-0.15, -0.1) is 0 Å². The van der Waals surface area contributed by atoms with Crippen molar-refractivity contribution < 1.29 is 13.9 Å². The maximum atomic E-state index is 13.6. The SMILES string of the molecule is CC.CC.CC(C)c1cc(O)cc2c(F)cc(F)c(Cl)c12. The first-order valence-corrected chi connectivity index (χ1v) is 7.59. The number of phenolic OH excluding ortho intramolecular Hbond substituents is 1. The van der Waals surface area contributed by atoms with Gasteiger partial charge in [0.15, 0.2) is 0 Å². The van der Waals surface area contributed by atoms with Crippen molar-refractivity contribution in [2.45, 2.75) is 47.5 Å². The lowest BCUT2D eigenvalue weighted by atomic mass is 9.95. The molecule has 0 atom stereocenters. The summed E-state index contributed by atoms with van der Waals surface area (Å²) >= 11 is 5.88. The number of aromatic hydroxyl groups is 1. The second-order valence-electron chi connectivity index (χ2n) is 4.27. The number of hydrogen-bond acceptors (Lipinski definition) is 1. The average molecular weight is 317 g/mol. The Labute approximate surface area is 130 Å². The third-order valence-electron chi connectivity index (χ3n) is 2.72. The summed E-state index contributed by atoms with van der Waals surface area (Å²) in [7, 11) is 0. The van der Waals surface area contributed by atoms with Gasteiger partial charge in [-0.2, -0.15) is 0 Å². The van der Waals surface area contributed by atoms with Crippen molar-refractivity contribution in [3.63, 3.8) is 0 Å². The molecule has 0 aliphatic heterocycles. The summed E-state index contributed by atoms with van der Waals surface area (Å²) in [5.74, 6) is -1.56. The van der Waals surface area contributed by atoms with Gasteiger partial charge >= 0.3 is 0 Å². The summed E-state index contributed by atoms with van der Waals surface area (Å²) in [6.07, 6.45) is 0. The van der Waals surface area contributed by atoms with Gasteiger partial charge in [-0.25, -0.2) is 8.78 Å². The molecular formula is C17H23ClF2O. The van der Waals surface area contributed by atoms with E-state index in [1.54, 1.807) is 0 Å². The van der Waals surface area contributed by atoms with Crippen LogP contribution in [0.5, 0.6) is 5.75 Å². The zero-order chi connectivity index (χ0) is 16.7. The third kappa shape index (κ3) is 4.31. The molecule has 0 aliphatic carbocycles. The minimum Gasteiger partial charge on any atom is -0.508 e. The van der Waals surface area contributed by atoms with Gasteiger partial charge in [0.05, 0.1) is 5.02 Å². The Morgan fingerprint density at radius 3 is 1.95 bits per heavy atom. The van der Waals surface area contributed by atoms with E-state index in [0.717, 1.165) is 6.07 Å². The molecule has 0 aromatic heterocycles. The van der Waals surface area contributed by atoms with Gasteiger partial charge in [0.2, 0.25) is 0 Å².